The monoisotopic (exact) mass is 269 g/mol. The lowest BCUT2D eigenvalue weighted by Gasteiger charge is -2.28. The van der Waals surface area contributed by atoms with Gasteiger partial charge in [0.25, 0.3) is 0 Å². The number of thioether (sulfide) groups is 1. The molecule has 0 spiro atoms. The maximum absolute atomic E-state index is 10.9. The number of hydrogen-bond donors (Lipinski definition) is 2. The Morgan fingerprint density at radius 1 is 1.44 bits per heavy atom. The van der Waals surface area contributed by atoms with Gasteiger partial charge in [0.15, 0.2) is 0 Å². The molecule has 1 rings (SSSR count). The summed E-state index contributed by atoms with van der Waals surface area (Å²) < 4.78 is 4.57. The predicted molar refractivity (Wildman–Crippen MR) is 74.0 cm³/mol. The Labute approximate surface area is 112 Å². The molecular weight excluding hydrogens is 250 g/mol. The van der Waals surface area contributed by atoms with Gasteiger partial charge in [-0.1, -0.05) is 12.1 Å². The summed E-state index contributed by atoms with van der Waals surface area (Å²) in [5.41, 5.74) is 6.78. The van der Waals surface area contributed by atoms with Crippen LogP contribution in [0.5, 0.6) is 5.75 Å². The van der Waals surface area contributed by atoms with Gasteiger partial charge < -0.3 is 15.6 Å². The number of carboxylic acids is 1. The van der Waals surface area contributed by atoms with Crippen LogP contribution in [0.1, 0.15) is 19.4 Å². The number of benzene rings is 1. The number of ether oxygens (including phenoxy) is 1. The van der Waals surface area contributed by atoms with Crippen molar-refractivity contribution in [1.29, 1.82) is 0 Å². The topological polar surface area (TPSA) is 72.5 Å². The summed E-state index contributed by atoms with van der Waals surface area (Å²) in [7, 11) is 1.62. The third-order valence-electron chi connectivity index (χ3n) is 2.78. The Kier molecular flexibility index (Phi) is 5.04. The molecule has 1 unspecified atom stereocenters. The Bertz CT molecular complexity index is 403. The molecular formula is C13H19NO3S. The van der Waals surface area contributed by atoms with Crippen molar-refractivity contribution in [1.82, 2.24) is 0 Å². The first-order valence-electron chi connectivity index (χ1n) is 5.62. The highest BCUT2D eigenvalue weighted by Crippen LogP contribution is 2.31. The van der Waals surface area contributed by atoms with Crippen LogP contribution in [-0.4, -0.2) is 29.0 Å². The van der Waals surface area contributed by atoms with Gasteiger partial charge in [-0.2, -0.15) is 0 Å². The number of carboxylic acid groups (broad SMARTS) is 1. The first-order chi connectivity index (χ1) is 8.36. The predicted octanol–water partition coefficient (Wildman–Crippen LogP) is 2.12. The lowest BCUT2D eigenvalue weighted by Crippen LogP contribution is -2.46. The van der Waals surface area contributed by atoms with Crippen LogP contribution < -0.4 is 10.5 Å². The van der Waals surface area contributed by atoms with E-state index in [1.807, 2.05) is 38.1 Å². The van der Waals surface area contributed by atoms with Gasteiger partial charge in [0.05, 0.1) is 7.11 Å². The van der Waals surface area contributed by atoms with Crippen LogP contribution in [0.4, 0.5) is 0 Å². The van der Waals surface area contributed by atoms with Crippen molar-refractivity contribution in [3.05, 3.63) is 29.8 Å². The van der Waals surface area contributed by atoms with Crippen molar-refractivity contribution >= 4 is 17.7 Å². The largest absolute Gasteiger partial charge is 0.497 e. The second kappa shape index (κ2) is 6.11. The van der Waals surface area contributed by atoms with E-state index in [1.54, 1.807) is 7.11 Å². The standard InChI is InChI=1S/C13H19NO3S/c1-13(2,11(14)12(15)16)18-8-9-4-6-10(17-3)7-5-9/h4-7,11H,8,14H2,1-3H3,(H,15,16). The summed E-state index contributed by atoms with van der Waals surface area (Å²) >= 11 is 1.54. The molecule has 1 aromatic rings. The molecule has 4 nitrogen and oxygen atoms in total. The van der Waals surface area contributed by atoms with E-state index in [1.165, 1.54) is 11.8 Å². The Morgan fingerprint density at radius 3 is 2.44 bits per heavy atom. The minimum absolute atomic E-state index is 0.508. The summed E-state index contributed by atoms with van der Waals surface area (Å²) in [5.74, 6) is 0.560. The number of carbonyl (C=O) groups is 1. The minimum atomic E-state index is -0.970. The molecule has 0 saturated carbocycles. The molecule has 0 aromatic heterocycles. The van der Waals surface area contributed by atoms with Gasteiger partial charge in [-0.3, -0.25) is 4.79 Å². The first-order valence-corrected chi connectivity index (χ1v) is 6.60. The van der Waals surface area contributed by atoms with Crippen LogP contribution in [0.25, 0.3) is 0 Å². The molecule has 0 aliphatic rings. The number of methoxy groups -OCH3 is 1. The van der Waals surface area contributed by atoms with Crippen LogP contribution in [0.15, 0.2) is 24.3 Å². The molecule has 0 aliphatic heterocycles. The van der Waals surface area contributed by atoms with E-state index in [9.17, 15) is 4.79 Å². The maximum Gasteiger partial charge on any atom is 0.321 e. The summed E-state index contributed by atoms with van der Waals surface area (Å²) in [4.78, 5) is 10.9. The van der Waals surface area contributed by atoms with Crippen LogP contribution >= 0.6 is 11.8 Å². The zero-order valence-corrected chi connectivity index (χ0v) is 11.7. The Balaban J connectivity index is 2.60. The molecule has 1 atom stereocenters. The number of rotatable bonds is 6. The van der Waals surface area contributed by atoms with Crippen LogP contribution in [0.2, 0.25) is 0 Å². The lowest BCUT2D eigenvalue weighted by atomic mass is 10.1. The van der Waals surface area contributed by atoms with Crippen molar-refractivity contribution < 1.29 is 14.6 Å². The fraction of sp³-hybridized carbons (Fsp3) is 0.462. The molecule has 0 amide bonds. The fourth-order valence-electron chi connectivity index (χ4n) is 1.38. The van der Waals surface area contributed by atoms with Crippen LogP contribution in [0, 0.1) is 0 Å². The van der Waals surface area contributed by atoms with E-state index in [4.69, 9.17) is 15.6 Å². The third-order valence-corrected chi connectivity index (χ3v) is 4.26. The maximum atomic E-state index is 10.9. The zero-order chi connectivity index (χ0) is 13.8. The van der Waals surface area contributed by atoms with E-state index < -0.39 is 16.8 Å². The summed E-state index contributed by atoms with van der Waals surface area (Å²) in [5, 5.41) is 8.93. The van der Waals surface area contributed by atoms with Gasteiger partial charge in [0, 0.05) is 10.5 Å². The molecule has 100 valence electrons. The van der Waals surface area contributed by atoms with Crippen molar-refractivity contribution in [2.75, 3.05) is 7.11 Å². The third kappa shape index (κ3) is 3.92. The highest BCUT2D eigenvalue weighted by molar-refractivity contribution is 7.99. The molecule has 18 heavy (non-hydrogen) atoms. The van der Waals surface area contributed by atoms with Crippen molar-refractivity contribution in [3.63, 3.8) is 0 Å². The average molecular weight is 269 g/mol. The summed E-state index contributed by atoms with van der Waals surface area (Å²) in [6.45, 7) is 3.69. The average Bonchev–Trinajstić information content (AvgIpc) is 2.36. The Morgan fingerprint density at radius 2 is 2.00 bits per heavy atom. The SMILES string of the molecule is COc1ccc(CSC(C)(C)C(N)C(=O)O)cc1. The summed E-state index contributed by atoms with van der Waals surface area (Å²) in [6.07, 6.45) is 0. The second-order valence-electron chi connectivity index (χ2n) is 4.56. The van der Waals surface area contributed by atoms with E-state index >= 15 is 0 Å². The smallest absolute Gasteiger partial charge is 0.321 e. The second-order valence-corrected chi connectivity index (χ2v) is 6.19. The first kappa shape index (κ1) is 14.9. The molecule has 0 saturated heterocycles. The van der Waals surface area contributed by atoms with Crippen LogP contribution in [-0.2, 0) is 10.5 Å². The van der Waals surface area contributed by atoms with Gasteiger partial charge in [-0.25, -0.2) is 0 Å². The van der Waals surface area contributed by atoms with Crippen molar-refractivity contribution in [2.45, 2.75) is 30.4 Å². The van der Waals surface area contributed by atoms with E-state index in [2.05, 4.69) is 0 Å². The number of aliphatic carboxylic acids is 1. The van der Waals surface area contributed by atoms with Gasteiger partial charge in [-0.05, 0) is 31.5 Å². The van der Waals surface area contributed by atoms with Crippen molar-refractivity contribution in [3.8, 4) is 5.75 Å². The van der Waals surface area contributed by atoms with E-state index in [0.29, 0.717) is 0 Å². The van der Waals surface area contributed by atoms with E-state index in [-0.39, 0.29) is 0 Å². The molecule has 0 bridgehead atoms. The molecule has 0 heterocycles. The van der Waals surface area contributed by atoms with Gasteiger partial charge in [0.2, 0.25) is 0 Å². The molecule has 0 radical (unpaired) electrons. The zero-order valence-electron chi connectivity index (χ0n) is 10.8. The molecule has 0 aliphatic carbocycles. The Hall–Kier alpha value is -1.20. The highest BCUT2D eigenvalue weighted by Gasteiger charge is 2.32. The van der Waals surface area contributed by atoms with Gasteiger partial charge in [0.1, 0.15) is 11.8 Å². The fourth-order valence-corrected chi connectivity index (χ4v) is 2.39. The number of hydrogen-bond acceptors (Lipinski definition) is 4. The molecule has 0 fully saturated rings. The van der Waals surface area contributed by atoms with Crippen LogP contribution in [0.3, 0.4) is 0 Å². The van der Waals surface area contributed by atoms with Gasteiger partial charge >= 0.3 is 5.97 Å². The van der Waals surface area contributed by atoms with Gasteiger partial charge in [-0.15, -0.1) is 11.8 Å². The molecule has 5 heteroatoms. The summed E-state index contributed by atoms with van der Waals surface area (Å²) in [6, 6.07) is 6.84. The number of nitrogens with two attached hydrogens (primary N) is 1. The van der Waals surface area contributed by atoms with E-state index in [0.717, 1.165) is 17.1 Å². The normalized spacial score (nSPS) is 13.1. The quantitative estimate of drug-likeness (QED) is 0.827. The molecule has 1 aromatic carbocycles. The van der Waals surface area contributed by atoms with Crippen molar-refractivity contribution in [2.24, 2.45) is 5.73 Å². The lowest BCUT2D eigenvalue weighted by molar-refractivity contribution is -0.139. The highest BCUT2D eigenvalue weighted by atomic mass is 32.2. The minimum Gasteiger partial charge on any atom is -0.497 e. The molecule has 3 N–H and O–H groups in total.